The van der Waals surface area contributed by atoms with Crippen LogP contribution < -0.4 is 4.74 Å². The van der Waals surface area contributed by atoms with Crippen molar-refractivity contribution in [1.29, 1.82) is 0 Å². The molecule has 18 heavy (non-hydrogen) atoms. The van der Waals surface area contributed by atoms with Gasteiger partial charge in [-0.05, 0) is 6.92 Å². The van der Waals surface area contributed by atoms with Gasteiger partial charge in [0, 0.05) is 12.3 Å². The molecule has 0 unspecified atom stereocenters. The van der Waals surface area contributed by atoms with Crippen LogP contribution in [0.15, 0.2) is 12.3 Å². The van der Waals surface area contributed by atoms with Gasteiger partial charge in [0.25, 0.3) is 0 Å². The van der Waals surface area contributed by atoms with Crippen LogP contribution in [0.4, 0.5) is 0 Å². The van der Waals surface area contributed by atoms with Crippen LogP contribution in [-0.4, -0.2) is 32.4 Å². The van der Waals surface area contributed by atoms with Gasteiger partial charge in [-0.25, -0.2) is 4.98 Å². The number of aromatic nitrogens is 3. The Labute approximate surface area is 108 Å². The van der Waals surface area contributed by atoms with Crippen molar-refractivity contribution in [2.24, 2.45) is 0 Å². The minimum Gasteiger partial charge on any atom is -0.481 e. The molecule has 6 nitrogen and oxygen atoms in total. The van der Waals surface area contributed by atoms with Gasteiger partial charge in [-0.15, -0.1) is 0 Å². The molecule has 0 saturated carbocycles. The van der Waals surface area contributed by atoms with Gasteiger partial charge >= 0.3 is 5.97 Å². The molecule has 2 aromatic heterocycles. The van der Waals surface area contributed by atoms with Gasteiger partial charge in [-0.2, -0.15) is 5.10 Å². The molecule has 0 aliphatic carbocycles. The monoisotopic (exact) mass is 269 g/mol. The second-order valence-electron chi connectivity index (χ2n) is 3.65. The molecule has 0 spiro atoms. The van der Waals surface area contributed by atoms with Crippen molar-refractivity contribution in [3.05, 3.63) is 17.4 Å². The maximum Gasteiger partial charge on any atom is 0.305 e. The largest absolute Gasteiger partial charge is 0.481 e. The highest BCUT2D eigenvalue weighted by Crippen LogP contribution is 2.25. The van der Waals surface area contributed by atoms with Crippen LogP contribution in [-0.2, 0) is 11.3 Å². The van der Waals surface area contributed by atoms with Crippen molar-refractivity contribution < 1.29 is 14.6 Å². The number of nitrogens with zero attached hydrogens (tertiary/aromatic N) is 3. The summed E-state index contributed by atoms with van der Waals surface area (Å²) in [6.07, 6.45) is 1.73. The van der Waals surface area contributed by atoms with Gasteiger partial charge in [0.2, 0.25) is 5.88 Å². The topological polar surface area (TPSA) is 77.2 Å². The first-order valence-corrected chi connectivity index (χ1v) is 5.86. The van der Waals surface area contributed by atoms with Crippen LogP contribution in [0.2, 0.25) is 5.15 Å². The molecule has 1 N–H and O–H groups in total. The van der Waals surface area contributed by atoms with Crippen LogP contribution in [0.1, 0.15) is 13.3 Å². The molecule has 2 rings (SSSR count). The summed E-state index contributed by atoms with van der Waals surface area (Å²) in [5, 5.41) is 13.9. The van der Waals surface area contributed by atoms with Gasteiger partial charge in [0.1, 0.15) is 10.7 Å². The summed E-state index contributed by atoms with van der Waals surface area (Å²) in [5.41, 5.74) is 0.642. The normalized spacial score (nSPS) is 10.8. The third-order valence-electron chi connectivity index (χ3n) is 2.32. The first kappa shape index (κ1) is 12.6. The standard InChI is InChI=1S/C11H12ClN3O3/c1-2-18-11-7-6-15(4-3-10(16)17)14-8(7)5-9(12)13-11/h5-6H,2-4H2,1H3,(H,16,17). The van der Waals surface area contributed by atoms with Crippen molar-refractivity contribution in [2.45, 2.75) is 19.9 Å². The Morgan fingerprint density at radius 1 is 1.61 bits per heavy atom. The van der Waals surface area contributed by atoms with E-state index in [1.165, 1.54) is 0 Å². The molecular formula is C11H12ClN3O3. The van der Waals surface area contributed by atoms with Crippen LogP contribution in [0.3, 0.4) is 0 Å². The van der Waals surface area contributed by atoms with Gasteiger partial charge in [-0.1, -0.05) is 11.6 Å². The number of carboxylic acid groups (broad SMARTS) is 1. The second kappa shape index (κ2) is 5.22. The fraction of sp³-hybridized carbons (Fsp3) is 0.364. The van der Waals surface area contributed by atoms with Crippen LogP contribution >= 0.6 is 11.6 Å². The molecule has 0 fully saturated rings. The van der Waals surface area contributed by atoms with E-state index in [9.17, 15) is 4.79 Å². The van der Waals surface area contributed by atoms with Crippen molar-refractivity contribution in [3.63, 3.8) is 0 Å². The Balaban J connectivity index is 2.36. The van der Waals surface area contributed by atoms with E-state index in [1.54, 1.807) is 16.9 Å². The molecular weight excluding hydrogens is 258 g/mol. The minimum absolute atomic E-state index is 0.0130. The predicted octanol–water partition coefficient (Wildman–Crippen LogP) is 1.96. The highest BCUT2D eigenvalue weighted by atomic mass is 35.5. The average molecular weight is 270 g/mol. The molecule has 0 atom stereocenters. The minimum atomic E-state index is -0.865. The molecule has 96 valence electrons. The van der Waals surface area contributed by atoms with E-state index in [1.807, 2.05) is 6.92 Å². The molecule has 0 bridgehead atoms. The zero-order valence-corrected chi connectivity index (χ0v) is 10.5. The summed E-state index contributed by atoms with van der Waals surface area (Å²) in [4.78, 5) is 14.6. The van der Waals surface area contributed by atoms with E-state index in [2.05, 4.69) is 10.1 Å². The van der Waals surface area contributed by atoms with Crippen molar-refractivity contribution in [1.82, 2.24) is 14.8 Å². The van der Waals surface area contributed by atoms with Gasteiger partial charge in [-0.3, -0.25) is 9.48 Å². The zero-order valence-electron chi connectivity index (χ0n) is 9.76. The zero-order chi connectivity index (χ0) is 13.1. The van der Waals surface area contributed by atoms with Gasteiger partial charge in [0.15, 0.2) is 0 Å². The summed E-state index contributed by atoms with van der Waals surface area (Å²) in [6, 6.07) is 1.62. The van der Waals surface area contributed by atoms with E-state index >= 15 is 0 Å². The van der Waals surface area contributed by atoms with Crippen molar-refractivity contribution in [2.75, 3.05) is 6.61 Å². The highest BCUT2D eigenvalue weighted by Gasteiger charge is 2.11. The number of aryl methyl sites for hydroxylation is 1. The lowest BCUT2D eigenvalue weighted by atomic mass is 10.3. The summed E-state index contributed by atoms with van der Waals surface area (Å²) in [7, 11) is 0. The second-order valence-corrected chi connectivity index (χ2v) is 4.04. The quantitative estimate of drug-likeness (QED) is 0.840. The summed E-state index contributed by atoms with van der Waals surface area (Å²) >= 11 is 5.86. The number of hydrogen-bond acceptors (Lipinski definition) is 4. The van der Waals surface area contributed by atoms with Gasteiger partial charge in [0.05, 0.1) is 25.0 Å². The molecule has 2 heterocycles. The number of aliphatic carboxylic acids is 1. The SMILES string of the molecule is CCOc1nc(Cl)cc2nn(CCC(=O)O)cc12. The van der Waals surface area contributed by atoms with Gasteiger partial charge < -0.3 is 9.84 Å². The number of pyridine rings is 1. The first-order chi connectivity index (χ1) is 8.60. The van der Waals surface area contributed by atoms with Crippen LogP contribution in [0.5, 0.6) is 5.88 Å². The third kappa shape index (κ3) is 2.70. The Morgan fingerprint density at radius 3 is 3.06 bits per heavy atom. The number of rotatable bonds is 5. The maximum absolute atomic E-state index is 10.5. The summed E-state index contributed by atoms with van der Waals surface area (Å²) in [5.74, 6) is -0.447. The summed E-state index contributed by atoms with van der Waals surface area (Å²) in [6.45, 7) is 2.62. The first-order valence-electron chi connectivity index (χ1n) is 5.48. The Bertz CT molecular complexity index is 582. The van der Waals surface area contributed by atoms with Crippen molar-refractivity contribution >= 4 is 28.5 Å². The lowest BCUT2D eigenvalue weighted by molar-refractivity contribution is -0.137. The number of ether oxygens (including phenoxy) is 1. The molecule has 0 saturated heterocycles. The fourth-order valence-corrected chi connectivity index (χ4v) is 1.76. The smallest absolute Gasteiger partial charge is 0.305 e. The molecule has 2 aromatic rings. The third-order valence-corrected chi connectivity index (χ3v) is 2.51. The maximum atomic E-state index is 10.5. The molecule has 0 aliphatic heterocycles. The van der Waals surface area contributed by atoms with E-state index in [-0.39, 0.29) is 6.42 Å². The number of halogens is 1. The molecule has 0 radical (unpaired) electrons. The van der Waals surface area contributed by atoms with E-state index in [0.717, 1.165) is 5.39 Å². The molecule has 0 aromatic carbocycles. The van der Waals surface area contributed by atoms with Crippen molar-refractivity contribution in [3.8, 4) is 5.88 Å². The molecule has 7 heteroatoms. The summed E-state index contributed by atoms with van der Waals surface area (Å²) < 4.78 is 6.93. The lowest BCUT2D eigenvalue weighted by Gasteiger charge is -2.02. The lowest BCUT2D eigenvalue weighted by Crippen LogP contribution is -2.04. The molecule has 0 aliphatic rings. The Hall–Kier alpha value is -1.82. The van der Waals surface area contributed by atoms with E-state index < -0.39 is 5.97 Å². The number of carbonyl (C=O) groups is 1. The number of carboxylic acids is 1. The van der Waals surface area contributed by atoms with Crippen LogP contribution in [0, 0.1) is 0 Å². The number of hydrogen-bond donors (Lipinski definition) is 1. The number of fused-ring (bicyclic) bond motifs is 1. The Morgan fingerprint density at radius 2 is 2.39 bits per heavy atom. The molecule has 0 amide bonds. The Kier molecular flexibility index (Phi) is 3.66. The highest BCUT2D eigenvalue weighted by molar-refractivity contribution is 6.30. The fourth-order valence-electron chi connectivity index (χ4n) is 1.58. The predicted molar refractivity (Wildman–Crippen MR) is 66.0 cm³/mol. The average Bonchev–Trinajstić information content (AvgIpc) is 2.69. The van der Waals surface area contributed by atoms with Crippen LogP contribution in [0.25, 0.3) is 10.9 Å². The van der Waals surface area contributed by atoms with E-state index in [4.69, 9.17) is 21.4 Å². The van der Waals surface area contributed by atoms with E-state index in [0.29, 0.717) is 29.7 Å².